The van der Waals surface area contributed by atoms with Crippen LogP contribution in [0.4, 0.5) is 0 Å². The Labute approximate surface area is 179 Å². The maximum atomic E-state index is 13.2. The molecule has 31 heavy (non-hydrogen) atoms. The lowest BCUT2D eigenvalue weighted by atomic mass is 10.0. The first-order valence-corrected chi connectivity index (χ1v) is 9.99. The molecule has 1 atom stereocenters. The highest BCUT2D eigenvalue weighted by atomic mass is 16.5. The number of hydrogen-bond donors (Lipinski definition) is 1. The number of amides is 2. The summed E-state index contributed by atoms with van der Waals surface area (Å²) in [4.78, 5) is 27.8. The van der Waals surface area contributed by atoms with Crippen molar-refractivity contribution >= 4 is 11.8 Å². The van der Waals surface area contributed by atoms with E-state index in [0.717, 1.165) is 5.56 Å². The molecule has 1 aliphatic heterocycles. The van der Waals surface area contributed by atoms with E-state index in [1.807, 2.05) is 48.5 Å². The zero-order chi connectivity index (χ0) is 21.6. The summed E-state index contributed by atoms with van der Waals surface area (Å²) < 4.78 is 15.9. The molecule has 1 fully saturated rings. The second kappa shape index (κ2) is 9.44. The molecule has 8 nitrogen and oxygen atoms in total. The summed E-state index contributed by atoms with van der Waals surface area (Å²) in [7, 11) is 1.58. The highest BCUT2D eigenvalue weighted by Gasteiger charge is 2.29. The highest BCUT2D eigenvalue weighted by molar-refractivity contribution is 5.97. The smallest absolute Gasteiger partial charge is 0.274 e. The number of aromatic nitrogens is 1. The molecule has 0 radical (unpaired) electrons. The molecule has 1 saturated heterocycles. The van der Waals surface area contributed by atoms with Gasteiger partial charge in [-0.3, -0.25) is 9.59 Å². The van der Waals surface area contributed by atoms with E-state index >= 15 is 0 Å². The first-order chi connectivity index (χ1) is 15.2. The number of carbonyl (C=O) groups is 2. The summed E-state index contributed by atoms with van der Waals surface area (Å²) in [5.74, 6) is 0.424. The van der Waals surface area contributed by atoms with Crippen LogP contribution in [0.3, 0.4) is 0 Å². The Kier molecular flexibility index (Phi) is 6.28. The molecule has 0 saturated carbocycles. The zero-order valence-electron chi connectivity index (χ0n) is 17.1. The van der Waals surface area contributed by atoms with Gasteiger partial charge in [-0.1, -0.05) is 47.6 Å². The van der Waals surface area contributed by atoms with Crippen molar-refractivity contribution < 1.29 is 23.6 Å². The third kappa shape index (κ3) is 4.75. The Hall–Kier alpha value is -3.65. The van der Waals surface area contributed by atoms with Gasteiger partial charge in [0.25, 0.3) is 5.91 Å². The molecule has 2 heterocycles. The van der Waals surface area contributed by atoms with Crippen molar-refractivity contribution in [3.05, 3.63) is 71.9 Å². The lowest BCUT2D eigenvalue weighted by molar-refractivity contribution is -0.137. The van der Waals surface area contributed by atoms with Crippen LogP contribution >= 0.6 is 0 Å². The fourth-order valence-electron chi connectivity index (χ4n) is 3.40. The largest absolute Gasteiger partial charge is 0.497 e. The Balaban J connectivity index is 1.55. The van der Waals surface area contributed by atoms with Crippen molar-refractivity contribution in [3.8, 4) is 17.1 Å². The van der Waals surface area contributed by atoms with E-state index < -0.39 is 11.9 Å². The summed E-state index contributed by atoms with van der Waals surface area (Å²) >= 11 is 0. The predicted molar refractivity (Wildman–Crippen MR) is 113 cm³/mol. The monoisotopic (exact) mass is 421 g/mol. The van der Waals surface area contributed by atoms with Crippen molar-refractivity contribution in [1.82, 2.24) is 15.4 Å². The van der Waals surface area contributed by atoms with Crippen LogP contribution in [0, 0.1) is 0 Å². The second-order valence-corrected chi connectivity index (χ2v) is 7.06. The van der Waals surface area contributed by atoms with Crippen LogP contribution in [0.15, 0.2) is 65.2 Å². The second-order valence-electron chi connectivity index (χ2n) is 7.06. The number of methoxy groups -OCH3 is 1. The molecule has 0 aliphatic carbocycles. The zero-order valence-corrected chi connectivity index (χ0v) is 17.1. The first-order valence-electron chi connectivity index (χ1n) is 9.99. The van der Waals surface area contributed by atoms with Crippen LogP contribution in [-0.2, 0) is 9.53 Å². The SMILES string of the molecule is COc1cccc(-c2cc(C(=O)NC(C(=O)N3CCOCC3)c3ccccc3)no2)c1. The summed E-state index contributed by atoms with van der Waals surface area (Å²) in [6.07, 6.45) is 0. The molecule has 8 heteroatoms. The minimum absolute atomic E-state index is 0.0912. The predicted octanol–water partition coefficient (Wildman–Crippen LogP) is 2.68. The van der Waals surface area contributed by atoms with Crippen LogP contribution in [0.2, 0.25) is 0 Å². The number of carbonyl (C=O) groups excluding carboxylic acids is 2. The van der Waals surface area contributed by atoms with E-state index in [1.54, 1.807) is 24.1 Å². The number of hydrogen-bond acceptors (Lipinski definition) is 6. The number of benzene rings is 2. The number of ether oxygens (including phenoxy) is 2. The van der Waals surface area contributed by atoms with Crippen LogP contribution < -0.4 is 10.1 Å². The molecule has 0 bridgehead atoms. The van der Waals surface area contributed by atoms with Gasteiger partial charge in [0, 0.05) is 24.7 Å². The molecular weight excluding hydrogens is 398 g/mol. The van der Waals surface area contributed by atoms with E-state index in [9.17, 15) is 9.59 Å². The third-order valence-electron chi connectivity index (χ3n) is 5.08. The average molecular weight is 421 g/mol. The van der Waals surface area contributed by atoms with Gasteiger partial charge in [0.15, 0.2) is 11.5 Å². The standard InChI is InChI=1S/C23H23N3O5/c1-29-18-9-5-8-17(14-18)20-15-19(25-31-20)22(27)24-21(16-6-3-2-4-7-16)23(28)26-10-12-30-13-11-26/h2-9,14-15,21H,10-13H2,1H3,(H,24,27). The van der Waals surface area contributed by atoms with Gasteiger partial charge in [-0.05, 0) is 17.7 Å². The Morgan fingerprint density at radius 3 is 2.58 bits per heavy atom. The van der Waals surface area contributed by atoms with Crippen molar-refractivity contribution in [2.45, 2.75) is 6.04 Å². The molecule has 1 unspecified atom stereocenters. The van der Waals surface area contributed by atoms with Crippen LogP contribution in [0.1, 0.15) is 22.1 Å². The van der Waals surface area contributed by atoms with Crippen LogP contribution in [0.25, 0.3) is 11.3 Å². The minimum Gasteiger partial charge on any atom is -0.497 e. The molecule has 1 aliphatic rings. The van der Waals surface area contributed by atoms with Gasteiger partial charge >= 0.3 is 0 Å². The maximum absolute atomic E-state index is 13.2. The topological polar surface area (TPSA) is 93.9 Å². The lowest BCUT2D eigenvalue weighted by Gasteiger charge is -2.30. The first kappa shape index (κ1) is 20.6. The van der Waals surface area contributed by atoms with Gasteiger partial charge in [0.1, 0.15) is 11.8 Å². The molecule has 0 spiro atoms. The highest BCUT2D eigenvalue weighted by Crippen LogP contribution is 2.25. The molecule has 3 aromatic rings. The lowest BCUT2D eigenvalue weighted by Crippen LogP contribution is -2.47. The number of nitrogens with zero attached hydrogens (tertiary/aromatic N) is 2. The third-order valence-corrected chi connectivity index (χ3v) is 5.08. The maximum Gasteiger partial charge on any atom is 0.274 e. The number of rotatable bonds is 6. The normalized spacial score (nSPS) is 14.7. The van der Waals surface area contributed by atoms with Crippen molar-refractivity contribution in [2.75, 3.05) is 33.4 Å². The van der Waals surface area contributed by atoms with E-state index in [4.69, 9.17) is 14.0 Å². The van der Waals surface area contributed by atoms with Gasteiger partial charge < -0.3 is 24.2 Å². The Bertz CT molecular complexity index is 1040. The summed E-state index contributed by atoms with van der Waals surface area (Å²) in [5, 5.41) is 6.71. The fraction of sp³-hybridized carbons (Fsp3) is 0.261. The molecule has 2 amide bonds. The van der Waals surface area contributed by atoms with Crippen molar-refractivity contribution in [2.24, 2.45) is 0 Å². The molecule has 1 aromatic heterocycles. The summed E-state index contributed by atoms with van der Waals surface area (Å²) in [6.45, 7) is 1.94. The molecule has 4 rings (SSSR count). The summed E-state index contributed by atoms with van der Waals surface area (Å²) in [5.41, 5.74) is 1.52. The Morgan fingerprint density at radius 2 is 1.84 bits per heavy atom. The minimum atomic E-state index is -0.830. The molecule has 1 N–H and O–H groups in total. The van der Waals surface area contributed by atoms with Gasteiger partial charge in [0.2, 0.25) is 5.91 Å². The van der Waals surface area contributed by atoms with E-state index in [2.05, 4.69) is 10.5 Å². The van der Waals surface area contributed by atoms with E-state index in [0.29, 0.717) is 43.4 Å². The molecule has 2 aromatic carbocycles. The quantitative estimate of drug-likeness (QED) is 0.658. The molecule has 160 valence electrons. The molecular formula is C23H23N3O5. The van der Waals surface area contributed by atoms with Crippen molar-refractivity contribution in [1.29, 1.82) is 0 Å². The van der Waals surface area contributed by atoms with Crippen LogP contribution in [-0.4, -0.2) is 55.3 Å². The van der Waals surface area contributed by atoms with Gasteiger partial charge in [-0.25, -0.2) is 0 Å². The van der Waals surface area contributed by atoms with Crippen LogP contribution in [0.5, 0.6) is 5.75 Å². The summed E-state index contributed by atoms with van der Waals surface area (Å²) in [6, 6.07) is 17.1. The van der Waals surface area contributed by atoms with E-state index in [-0.39, 0.29) is 11.6 Å². The van der Waals surface area contributed by atoms with Gasteiger partial charge in [-0.2, -0.15) is 0 Å². The fourth-order valence-corrected chi connectivity index (χ4v) is 3.40. The van der Waals surface area contributed by atoms with Gasteiger partial charge in [-0.15, -0.1) is 0 Å². The van der Waals surface area contributed by atoms with Crippen molar-refractivity contribution in [3.63, 3.8) is 0 Å². The Morgan fingerprint density at radius 1 is 1.06 bits per heavy atom. The average Bonchev–Trinajstić information content (AvgIpc) is 3.34. The number of nitrogens with one attached hydrogen (secondary N) is 1. The van der Waals surface area contributed by atoms with Gasteiger partial charge in [0.05, 0.1) is 20.3 Å². The van der Waals surface area contributed by atoms with E-state index in [1.165, 1.54) is 0 Å². The number of morpholine rings is 1.